The van der Waals surface area contributed by atoms with Gasteiger partial charge in [0, 0.05) is 5.56 Å². The lowest BCUT2D eigenvalue weighted by Gasteiger charge is -2.25. The zero-order chi connectivity index (χ0) is 20.6. The van der Waals surface area contributed by atoms with E-state index in [1.165, 1.54) is 15.9 Å². The van der Waals surface area contributed by atoms with Gasteiger partial charge in [0.25, 0.3) is 0 Å². The molecule has 0 aliphatic carbocycles. The van der Waals surface area contributed by atoms with Gasteiger partial charge in [0.2, 0.25) is 0 Å². The summed E-state index contributed by atoms with van der Waals surface area (Å²) >= 11 is 6.30. The van der Waals surface area contributed by atoms with E-state index in [1.54, 1.807) is 6.26 Å². The highest BCUT2D eigenvalue weighted by Gasteiger charge is 2.42. The Bertz CT molecular complexity index is 1280. The molecular weight excluding hydrogens is 489 g/mol. The van der Waals surface area contributed by atoms with Crippen molar-refractivity contribution in [2.24, 2.45) is 0 Å². The van der Waals surface area contributed by atoms with Gasteiger partial charge >= 0.3 is 0 Å². The molecule has 0 fully saturated rings. The van der Waals surface area contributed by atoms with Gasteiger partial charge in [-0.3, -0.25) is 0 Å². The molecule has 0 aliphatic rings. The number of nitrogens with zero attached hydrogens (tertiary/aromatic N) is 1. The van der Waals surface area contributed by atoms with E-state index in [-0.39, 0.29) is 17.0 Å². The van der Waals surface area contributed by atoms with Crippen molar-refractivity contribution in [3.8, 4) is 11.3 Å². The van der Waals surface area contributed by atoms with Gasteiger partial charge < -0.3 is 21.4 Å². The smallest absolute Gasteiger partial charge is 0.153 e. The first-order valence-corrected chi connectivity index (χ1v) is 12.4. The molecule has 5 heteroatoms. The lowest BCUT2D eigenvalue weighted by Crippen LogP contribution is -3.00. The molecule has 2 aromatic heterocycles. The number of hydrogen-bond donors (Lipinski definition) is 0. The molecule has 0 spiro atoms. The third-order valence-corrected chi connectivity index (χ3v) is 9.86. The molecule has 0 radical (unpaired) electrons. The number of furan rings is 1. The molecule has 0 bridgehead atoms. The molecule has 31 heavy (non-hydrogen) atoms. The summed E-state index contributed by atoms with van der Waals surface area (Å²) in [5.74, 6) is 0. The summed E-state index contributed by atoms with van der Waals surface area (Å²) in [6.45, 7) is 2.39. The largest absolute Gasteiger partial charge is 1.00 e. The van der Waals surface area contributed by atoms with Crippen LogP contribution in [-0.4, -0.2) is 11.6 Å². The highest BCUT2D eigenvalue weighted by atomic mass is 79.9. The summed E-state index contributed by atoms with van der Waals surface area (Å²) in [5, 5.41) is 4.51. The second-order valence-electron chi connectivity index (χ2n) is 7.32. The fraction of sp³-hybridized carbons (Fsp3) is 0.0385. The number of aromatic nitrogens is 1. The van der Waals surface area contributed by atoms with Crippen molar-refractivity contribution in [2.45, 2.75) is 0 Å². The zero-order valence-corrected chi connectivity index (χ0v) is 20.1. The first-order chi connectivity index (χ1) is 14.7. The summed E-state index contributed by atoms with van der Waals surface area (Å²) in [6, 6.07) is 34.1. The number of hydrogen-bond acceptors (Lipinski definition) is 2. The Kier molecular flexibility index (Phi) is 6.29. The van der Waals surface area contributed by atoms with Crippen molar-refractivity contribution in [1.29, 1.82) is 0 Å². The lowest BCUT2D eigenvalue weighted by atomic mass is 10.1. The maximum atomic E-state index is 6.30. The molecule has 0 atom stereocenters. The van der Waals surface area contributed by atoms with E-state index in [2.05, 4.69) is 91.6 Å². The van der Waals surface area contributed by atoms with E-state index < -0.39 is 7.26 Å². The number of rotatable bonds is 4. The van der Waals surface area contributed by atoms with Gasteiger partial charge in [0.15, 0.2) is 5.58 Å². The van der Waals surface area contributed by atoms with E-state index in [4.69, 9.17) is 21.0 Å². The van der Waals surface area contributed by atoms with Crippen LogP contribution in [0.15, 0.2) is 108 Å². The standard InChI is InChI=1S/C26H20ClNOP.BrH/c1-30(19-10-4-2-5-11-19,20-12-6-3-7-13-20)25-15-9-8-14-21(25)23-16-17-24-26(28-23)22(27)18-29-24;/h2-18H,1H3;1H/q+1;/p-1. The van der Waals surface area contributed by atoms with Crippen molar-refractivity contribution in [2.75, 3.05) is 6.66 Å². The third kappa shape index (κ3) is 3.83. The number of pyridine rings is 1. The lowest BCUT2D eigenvalue weighted by molar-refractivity contribution is -0.00000617. The van der Waals surface area contributed by atoms with Crippen molar-refractivity contribution >= 4 is 45.9 Å². The van der Waals surface area contributed by atoms with Gasteiger partial charge in [-0.05, 0) is 48.5 Å². The summed E-state index contributed by atoms with van der Waals surface area (Å²) in [4.78, 5) is 4.86. The van der Waals surface area contributed by atoms with Crippen molar-refractivity contribution < 1.29 is 21.4 Å². The maximum absolute atomic E-state index is 6.30. The fourth-order valence-electron chi connectivity index (χ4n) is 3.99. The quantitative estimate of drug-likeness (QED) is 0.349. The average Bonchev–Trinajstić information content (AvgIpc) is 3.20. The van der Waals surface area contributed by atoms with Crippen LogP contribution >= 0.6 is 18.9 Å². The van der Waals surface area contributed by atoms with Crippen molar-refractivity contribution in [3.63, 3.8) is 0 Å². The molecule has 3 aromatic carbocycles. The van der Waals surface area contributed by atoms with Gasteiger partial charge in [-0.1, -0.05) is 60.1 Å². The van der Waals surface area contributed by atoms with Crippen LogP contribution in [-0.2, 0) is 0 Å². The normalized spacial score (nSPS) is 11.3. The Morgan fingerprint density at radius 1 is 0.742 bits per heavy atom. The summed E-state index contributed by atoms with van der Waals surface area (Å²) in [7, 11) is -1.88. The monoisotopic (exact) mass is 507 g/mol. The third-order valence-electron chi connectivity index (χ3n) is 5.58. The molecular formula is C26H20BrClNOP. The molecule has 5 rings (SSSR count). The van der Waals surface area contributed by atoms with Crippen LogP contribution in [0.4, 0.5) is 0 Å². The Labute approximate surface area is 198 Å². The van der Waals surface area contributed by atoms with E-state index in [1.807, 2.05) is 12.1 Å². The van der Waals surface area contributed by atoms with Gasteiger partial charge in [-0.15, -0.1) is 0 Å². The molecule has 0 saturated heterocycles. The average molecular weight is 509 g/mol. The van der Waals surface area contributed by atoms with Gasteiger partial charge in [-0.2, -0.15) is 0 Å². The van der Waals surface area contributed by atoms with Crippen LogP contribution in [0.3, 0.4) is 0 Å². The van der Waals surface area contributed by atoms with E-state index in [0.29, 0.717) is 16.1 Å². The van der Waals surface area contributed by atoms with Gasteiger partial charge in [0.05, 0.1) is 12.4 Å². The minimum absolute atomic E-state index is 0. The minimum Gasteiger partial charge on any atom is -1.00 e. The summed E-state index contributed by atoms with van der Waals surface area (Å²) in [5.41, 5.74) is 3.42. The molecule has 154 valence electrons. The fourth-order valence-corrected chi connectivity index (χ4v) is 7.62. The van der Waals surface area contributed by atoms with Crippen LogP contribution in [0.5, 0.6) is 0 Å². The number of halogens is 2. The SMILES string of the molecule is C[P+](c1ccccc1)(c1ccccc1)c1ccccc1-c1ccc2occ(Cl)c2n1.[Br-]. The molecule has 0 N–H and O–H groups in total. The van der Waals surface area contributed by atoms with Crippen LogP contribution in [0.2, 0.25) is 5.02 Å². The Morgan fingerprint density at radius 2 is 1.32 bits per heavy atom. The second-order valence-corrected chi connectivity index (χ2v) is 11.3. The molecule has 2 heterocycles. The van der Waals surface area contributed by atoms with E-state index in [0.717, 1.165) is 11.3 Å². The number of fused-ring (bicyclic) bond motifs is 1. The molecule has 5 aromatic rings. The first kappa shape index (κ1) is 21.8. The van der Waals surface area contributed by atoms with Crippen LogP contribution < -0.4 is 32.9 Å². The number of benzene rings is 3. The zero-order valence-electron chi connectivity index (χ0n) is 16.9. The summed E-state index contributed by atoms with van der Waals surface area (Å²) < 4.78 is 5.49. The molecule has 0 aliphatic heterocycles. The predicted octanol–water partition coefficient (Wildman–Crippen LogP) is 3.08. The molecule has 2 nitrogen and oxygen atoms in total. The molecule has 0 saturated carbocycles. The summed E-state index contributed by atoms with van der Waals surface area (Å²) in [6.07, 6.45) is 1.54. The molecule has 0 amide bonds. The highest BCUT2D eigenvalue weighted by Crippen LogP contribution is 2.53. The Morgan fingerprint density at radius 3 is 1.97 bits per heavy atom. The Hall–Kier alpha value is -2.45. The van der Waals surface area contributed by atoms with E-state index in [9.17, 15) is 0 Å². The van der Waals surface area contributed by atoms with Crippen LogP contribution in [0, 0.1) is 0 Å². The van der Waals surface area contributed by atoms with E-state index >= 15 is 0 Å². The highest BCUT2D eigenvalue weighted by molar-refractivity contribution is 7.95. The van der Waals surface area contributed by atoms with Crippen LogP contribution in [0.1, 0.15) is 0 Å². The van der Waals surface area contributed by atoms with Gasteiger partial charge in [-0.25, -0.2) is 4.98 Å². The first-order valence-electron chi connectivity index (χ1n) is 9.79. The Balaban J connectivity index is 0.00000231. The van der Waals surface area contributed by atoms with Crippen molar-refractivity contribution in [1.82, 2.24) is 4.98 Å². The van der Waals surface area contributed by atoms with Crippen molar-refractivity contribution in [3.05, 3.63) is 108 Å². The maximum Gasteiger partial charge on any atom is 0.153 e. The second kappa shape index (κ2) is 8.96. The van der Waals surface area contributed by atoms with Gasteiger partial charge in [0.1, 0.15) is 40.0 Å². The minimum atomic E-state index is -1.88. The topological polar surface area (TPSA) is 26.0 Å². The molecule has 0 unspecified atom stereocenters. The predicted molar refractivity (Wildman–Crippen MR) is 129 cm³/mol. The van der Waals surface area contributed by atoms with Crippen LogP contribution in [0.25, 0.3) is 22.4 Å².